The van der Waals surface area contributed by atoms with Crippen LogP contribution in [0.3, 0.4) is 0 Å². The van der Waals surface area contributed by atoms with Gasteiger partial charge in [-0.15, -0.1) is 11.3 Å². The first-order valence-electron chi connectivity index (χ1n) is 6.19. The van der Waals surface area contributed by atoms with Crippen molar-refractivity contribution in [3.8, 4) is 0 Å². The lowest BCUT2D eigenvalue weighted by atomic mass is 9.73. The summed E-state index contributed by atoms with van der Waals surface area (Å²) >= 11 is 3.02. The molecule has 0 aliphatic heterocycles. The average Bonchev–Trinajstić information content (AvgIpc) is 2.66. The number of aliphatic carboxylic acids is 1. The minimum Gasteiger partial charge on any atom is -0.481 e. The molecular formula is C13H19NO2S2. The largest absolute Gasteiger partial charge is 0.481 e. The van der Waals surface area contributed by atoms with Crippen molar-refractivity contribution in [2.75, 3.05) is 5.75 Å². The van der Waals surface area contributed by atoms with E-state index in [1.807, 2.05) is 0 Å². The minimum absolute atomic E-state index is 0.106. The van der Waals surface area contributed by atoms with Crippen molar-refractivity contribution >= 4 is 29.1 Å². The summed E-state index contributed by atoms with van der Waals surface area (Å²) in [4.78, 5) is 16.5. The van der Waals surface area contributed by atoms with E-state index < -0.39 is 5.97 Å². The van der Waals surface area contributed by atoms with Crippen molar-refractivity contribution < 1.29 is 9.90 Å². The maximum absolute atomic E-state index is 10.6. The third-order valence-electron chi connectivity index (χ3n) is 3.46. The first-order chi connectivity index (χ1) is 8.36. The van der Waals surface area contributed by atoms with E-state index in [2.05, 4.69) is 25.8 Å². The zero-order chi connectivity index (χ0) is 13.3. The van der Waals surface area contributed by atoms with Gasteiger partial charge in [0.25, 0.3) is 0 Å². The highest BCUT2D eigenvalue weighted by Crippen LogP contribution is 2.40. The number of thioether (sulfide) groups is 1. The van der Waals surface area contributed by atoms with Gasteiger partial charge in [0.15, 0.2) is 4.34 Å². The quantitative estimate of drug-likeness (QED) is 0.864. The number of carboxylic acids is 1. The van der Waals surface area contributed by atoms with Crippen LogP contribution in [0.25, 0.3) is 0 Å². The van der Waals surface area contributed by atoms with Crippen molar-refractivity contribution in [3.63, 3.8) is 0 Å². The normalized spacial score (nSPS) is 19.6. The predicted molar refractivity (Wildman–Crippen MR) is 75.4 cm³/mol. The standard InChI is InChI=1S/C13H19NO2S2/c1-13(2,3)8-4-5-9-10(6-8)18-12(14-9)17-7-11(15)16/h8H,4-7H2,1-3H3,(H,15,16). The molecule has 2 rings (SSSR count). The van der Waals surface area contributed by atoms with Crippen molar-refractivity contribution in [1.82, 2.24) is 4.98 Å². The lowest BCUT2D eigenvalue weighted by Crippen LogP contribution is -2.26. The second kappa shape index (κ2) is 5.21. The second-order valence-electron chi connectivity index (χ2n) is 5.84. The highest BCUT2D eigenvalue weighted by atomic mass is 32.2. The van der Waals surface area contributed by atoms with Crippen LogP contribution in [0.2, 0.25) is 0 Å². The summed E-state index contributed by atoms with van der Waals surface area (Å²) in [5.74, 6) is 0.0401. The summed E-state index contributed by atoms with van der Waals surface area (Å²) in [6, 6.07) is 0. The maximum atomic E-state index is 10.6. The molecule has 18 heavy (non-hydrogen) atoms. The van der Waals surface area contributed by atoms with Crippen LogP contribution in [-0.4, -0.2) is 21.8 Å². The van der Waals surface area contributed by atoms with Gasteiger partial charge in [-0.05, 0) is 30.6 Å². The van der Waals surface area contributed by atoms with Gasteiger partial charge in [-0.1, -0.05) is 32.5 Å². The molecule has 100 valence electrons. The van der Waals surface area contributed by atoms with E-state index in [-0.39, 0.29) is 5.75 Å². The van der Waals surface area contributed by atoms with Crippen LogP contribution in [0.5, 0.6) is 0 Å². The fourth-order valence-corrected chi connectivity index (χ4v) is 4.33. The molecule has 1 aliphatic rings. The zero-order valence-corrected chi connectivity index (χ0v) is 12.7. The molecule has 0 saturated heterocycles. The Morgan fingerprint density at radius 1 is 1.56 bits per heavy atom. The molecule has 0 amide bonds. The lowest BCUT2D eigenvalue weighted by molar-refractivity contribution is -0.133. The maximum Gasteiger partial charge on any atom is 0.313 e. The number of carbonyl (C=O) groups is 1. The topological polar surface area (TPSA) is 50.2 Å². The summed E-state index contributed by atoms with van der Waals surface area (Å²) in [7, 11) is 0. The van der Waals surface area contributed by atoms with E-state index >= 15 is 0 Å². The summed E-state index contributed by atoms with van der Waals surface area (Å²) < 4.78 is 0.914. The number of fused-ring (bicyclic) bond motifs is 1. The molecule has 0 spiro atoms. The Kier molecular flexibility index (Phi) is 4.02. The molecule has 0 aromatic carbocycles. The molecular weight excluding hydrogens is 266 g/mol. The summed E-state index contributed by atoms with van der Waals surface area (Å²) in [6.07, 6.45) is 3.34. The highest BCUT2D eigenvalue weighted by molar-refractivity contribution is 8.01. The molecule has 1 aliphatic carbocycles. The first kappa shape index (κ1) is 13.9. The van der Waals surface area contributed by atoms with Crippen molar-refractivity contribution in [3.05, 3.63) is 10.6 Å². The molecule has 0 fully saturated rings. The van der Waals surface area contributed by atoms with E-state index in [4.69, 9.17) is 5.11 Å². The van der Waals surface area contributed by atoms with Crippen LogP contribution in [-0.2, 0) is 17.6 Å². The number of nitrogens with zero attached hydrogens (tertiary/aromatic N) is 1. The molecule has 1 heterocycles. The van der Waals surface area contributed by atoms with Gasteiger partial charge in [-0.25, -0.2) is 4.98 Å². The van der Waals surface area contributed by atoms with E-state index in [1.165, 1.54) is 28.8 Å². The van der Waals surface area contributed by atoms with Gasteiger partial charge in [0.05, 0.1) is 11.4 Å². The average molecular weight is 285 g/mol. The number of aromatic nitrogens is 1. The molecule has 5 heteroatoms. The molecule has 0 bridgehead atoms. The van der Waals surface area contributed by atoms with Gasteiger partial charge in [-0.3, -0.25) is 4.79 Å². The van der Waals surface area contributed by atoms with E-state index in [9.17, 15) is 4.79 Å². The Labute approximate surface area is 116 Å². The van der Waals surface area contributed by atoms with E-state index in [0.29, 0.717) is 11.3 Å². The van der Waals surface area contributed by atoms with Crippen molar-refractivity contribution in [2.24, 2.45) is 11.3 Å². The molecule has 1 aromatic rings. The van der Waals surface area contributed by atoms with Crippen LogP contribution in [0.4, 0.5) is 0 Å². The van der Waals surface area contributed by atoms with Gasteiger partial charge < -0.3 is 5.11 Å². The van der Waals surface area contributed by atoms with Crippen LogP contribution >= 0.6 is 23.1 Å². The van der Waals surface area contributed by atoms with E-state index in [1.54, 1.807) is 11.3 Å². The van der Waals surface area contributed by atoms with Crippen LogP contribution in [0.1, 0.15) is 37.8 Å². The van der Waals surface area contributed by atoms with Crippen LogP contribution in [0.15, 0.2) is 4.34 Å². The Morgan fingerprint density at radius 3 is 2.89 bits per heavy atom. The van der Waals surface area contributed by atoms with Gasteiger partial charge in [0.1, 0.15) is 0 Å². The predicted octanol–water partition coefficient (Wildman–Crippen LogP) is 3.47. The molecule has 1 atom stereocenters. The second-order valence-corrected chi connectivity index (χ2v) is 8.14. The Bertz CT molecular complexity index is 448. The summed E-state index contributed by atoms with van der Waals surface area (Å²) in [5.41, 5.74) is 1.55. The third kappa shape index (κ3) is 3.26. The Hall–Kier alpha value is -0.550. The number of hydrogen-bond donors (Lipinski definition) is 1. The Balaban J connectivity index is 2.07. The fourth-order valence-electron chi connectivity index (χ4n) is 2.28. The van der Waals surface area contributed by atoms with Gasteiger partial charge in [-0.2, -0.15) is 0 Å². The molecule has 1 N–H and O–H groups in total. The lowest BCUT2D eigenvalue weighted by Gasteiger charge is -2.33. The molecule has 1 unspecified atom stereocenters. The Morgan fingerprint density at radius 2 is 2.28 bits per heavy atom. The summed E-state index contributed by atoms with van der Waals surface area (Å²) in [5, 5.41) is 8.68. The van der Waals surface area contributed by atoms with Crippen LogP contribution < -0.4 is 0 Å². The SMILES string of the molecule is CC(C)(C)C1CCc2nc(SCC(=O)O)sc2C1. The van der Waals surface area contributed by atoms with Gasteiger partial charge in [0.2, 0.25) is 0 Å². The first-order valence-corrected chi connectivity index (χ1v) is 7.99. The van der Waals surface area contributed by atoms with Gasteiger partial charge >= 0.3 is 5.97 Å². The monoisotopic (exact) mass is 285 g/mol. The number of carboxylic acid groups (broad SMARTS) is 1. The third-order valence-corrected chi connectivity index (χ3v) is 5.71. The van der Waals surface area contributed by atoms with Gasteiger partial charge in [0, 0.05) is 4.88 Å². The van der Waals surface area contributed by atoms with Crippen molar-refractivity contribution in [2.45, 2.75) is 44.4 Å². The number of rotatable bonds is 3. The fraction of sp³-hybridized carbons (Fsp3) is 0.692. The smallest absolute Gasteiger partial charge is 0.313 e. The van der Waals surface area contributed by atoms with Crippen molar-refractivity contribution in [1.29, 1.82) is 0 Å². The number of aryl methyl sites for hydroxylation is 1. The molecule has 1 aromatic heterocycles. The minimum atomic E-state index is -0.777. The zero-order valence-electron chi connectivity index (χ0n) is 11.0. The summed E-state index contributed by atoms with van der Waals surface area (Å²) in [6.45, 7) is 6.89. The van der Waals surface area contributed by atoms with E-state index in [0.717, 1.165) is 17.2 Å². The molecule has 0 radical (unpaired) electrons. The molecule has 0 saturated carbocycles. The number of thiazole rings is 1. The molecule has 3 nitrogen and oxygen atoms in total. The number of hydrogen-bond acceptors (Lipinski definition) is 4. The van der Waals surface area contributed by atoms with Crippen LogP contribution in [0, 0.1) is 11.3 Å². The highest BCUT2D eigenvalue weighted by Gasteiger charge is 2.30.